The van der Waals surface area contributed by atoms with Crippen LogP contribution in [0.4, 0.5) is 0 Å². The number of hydrogen-bond acceptors (Lipinski definition) is 24. The van der Waals surface area contributed by atoms with Crippen LogP contribution in [0.15, 0.2) is 129 Å². The van der Waals surface area contributed by atoms with Crippen LogP contribution in [0.3, 0.4) is 0 Å². The van der Waals surface area contributed by atoms with Gasteiger partial charge in [-0.2, -0.15) is 0 Å². The number of benzene rings is 4. The van der Waals surface area contributed by atoms with Gasteiger partial charge in [-0.1, -0.05) is 10.3 Å². The average Bonchev–Trinajstić information content (AvgIpc) is 3.41. The van der Waals surface area contributed by atoms with Crippen LogP contribution < -0.4 is 41.7 Å². The number of halogens is 2. The zero-order chi connectivity index (χ0) is 59.9. The van der Waals surface area contributed by atoms with E-state index in [0.29, 0.717) is 58.0 Å². The zero-order valence-electron chi connectivity index (χ0n) is 45.1. The molecule has 0 bridgehead atoms. The second-order valence-corrected chi connectivity index (χ2v) is 15.8. The van der Waals surface area contributed by atoms with Gasteiger partial charge in [0.05, 0.1) is 63.2 Å². The van der Waals surface area contributed by atoms with E-state index in [1.807, 2.05) is 0 Å². The summed E-state index contributed by atoms with van der Waals surface area (Å²) in [4.78, 5) is 101. The maximum absolute atomic E-state index is 11.9. The van der Waals surface area contributed by atoms with Crippen molar-refractivity contribution in [2.24, 2.45) is 16.2 Å². The number of phenols is 1. The first-order valence-electron chi connectivity index (χ1n) is 22.6. The number of carbonyl (C=O) groups is 6. The van der Waals surface area contributed by atoms with E-state index in [0.717, 1.165) is 10.8 Å². The first kappa shape index (κ1) is 70.8. The summed E-state index contributed by atoms with van der Waals surface area (Å²) in [6, 6.07) is 24.7. The van der Waals surface area contributed by atoms with Gasteiger partial charge in [-0.15, -0.1) is 12.4 Å². The Hall–Kier alpha value is -9.23. The van der Waals surface area contributed by atoms with Gasteiger partial charge in [0.15, 0.2) is 12.1 Å². The number of fused-ring (bicyclic) bond motifs is 3. The molecule has 80 heavy (non-hydrogen) atoms. The summed E-state index contributed by atoms with van der Waals surface area (Å²) >= 11 is 4.64. The minimum absolute atomic E-state index is 0. The highest BCUT2D eigenvalue weighted by atomic mass is 35.5. The smallest absolute Gasteiger partial charge is 0.347 e. The molecule has 430 valence electrons. The van der Waals surface area contributed by atoms with Crippen molar-refractivity contribution in [1.29, 1.82) is 0 Å². The van der Waals surface area contributed by atoms with E-state index in [2.05, 4.69) is 37.4 Å². The number of nitrogens with zero attached hydrogens (tertiary/aromatic N) is 2. The molecule has 0 aliphatic heterocycles. The molecule has 0 saturated carbocycles. The molecule has 0 spiro atoms. The quantitative estimate of drug-likeness (QED) is 0.00852. The summed E-state index contributed by atoms with van der Waals surface area (Å²) in [6.07, 6.45) is 0.489. The summed E-state index contributed by atoms with van der Waals surface area (Å²) in [7, 11) is 6.10. The number of Topliss-reactive ketones (excluding diaryl/α,β-unsaturated/α-hetero) is 2. The first-order valence-corrected chi connectivity index (χ1v) is 23.0. The number of phenolic OH excluding ortho intramolecular Hbond substituents is 1. The number of aldehydes is 1. The van der Waals surface area contributed by atoms with Gasteiger partial charge in [0.1, 0.15) is 63.3 Å². The Morgan fingerprint density at radius 2 is 0.963 bits per heavy atom. The highest BCUT2D eigenvalue weighted by Crippen LogP contribution is 2.24. The number of oxime groups is 2. The van der Waals surface area contributed by atoms with Crippen molar-refractivity contribution in [2.75, 3.05) is 35.0 Å². The molecule has 3 aromatic heterocycles. The lowest BCUT2D eigenvalue weighted by Crippen LogP contribution is -2.13. The van der Waals surface area contributed by atoms with Gasteiger partial charge in [-0.25, -0.2) is 25.1 Å². The third kappa shape index (κ3) is 24.0. The van der Waals surface area contributed by atoms with Gasteiger partial charge in [0.2, 0.25) is 5.24 Å². The van der Waals surface area contributed by atoms with E-state index >= 15 is 0 Å². The van der Waals surface area contributed by atoms with E-state index in [-0.39, 0.29) is 75.1 Å². The molecule has 7 rings (SSSR count). The Kier molecular flexibility index (Phi) is 32.5. The van der Waals surface area contributed by atoms with Crippen molar-refractivity contribution < 1.29 is 86.1 Å². The molecule has 26 heteroatoms. The molecule has 0 atom stereocenters. The van der Waals surface area contributed by atoms with Gasteiger partial charge in [-0.05, 0) is 113 Å². The molecule has 4 aromatic carbocycles. The van der Waals surface area contributed by atoms with Gasteiger partial charge in [0.25, 0.3) is 0 Å². The van der Waals surface area contributed by atoms with Gasteiger partial charge in [-0.3, -0.25) is 24.0 Å². The zero-order valence-corrected chi connectivity index (χ0v) is 46.7. The van der Waals surface area contributed by atoms with Gasteiger partial charge >= 0.3 is 28.8 Å². The minimum Gasteiger partial charge on any atom is -0.507 e. The second-order valence-electron chi connectivity index (χ2n) is 15.3. The fourth-order valence-electron chi connectivity index (χ4n) is 5.81. The monoisotopic (exact) mass is 1160 g/mol. The number of aromatic hydroxyl groups is 1. The number of ketones is 2. The predicted octanol–water partition coefficient (Wildman–Crippen LogP) is 8.36. The Morgan fingerprint density at radius 3 is 1.29 bits per heavy atom. The normalized spacial score (nSPS) is 10.1. The van der Waals surface area contributed by atoms with Crippen LogP contribution in [0.2, 0.25) is 0 Å². The molecular weight excluding hydrogens is 1100 g/mol. The molecule has 5 N–H and O–H groups in total. The molecule has 0 saturated heterocycles. The van der Waals surface area contributed by atoms with Crippen LogP contribution in [0.1, 0.15) is 86.7 Å². The van der Waals surface area contributed by atoms with E-state index < -0.39 is 28.8 Å². The Bertz CT molecular complexity index is 3470. The lowest BCUT2D eigenvalue weighted by molar-refractivity contribution is -0.145. The molecule has 0 amide bonds. The SMILES string of the molecule is CC(=O)Cl.CCOC(=O)CC(C)=O.COc1ccc(C=O)c(O)c1.COc1ccc2cc(/C(C)=N/O)c(=O)oc2c1.COc1ccc2cc(/C(C)=N/OC(C)=O)c(=O)oc2c1.COc1ccc2cc(C(C)=O)c(=O)oc2c1.Cl.NO. The summed E-state index contributed by atoms with van der Waals surface area (Å²) in [5.41, 5.74) is 0.853. The summed E-state index contributed by atoms with van der Waals surface area (Å²) < 4.78 is 39.8. The number of nitrogens with two attached hydrogens (primary N) is 1. The van der Waals surface area contributed by atoms with Crippen LogP contribution >= 0.6 is 24.0 Å². The van der Waals surface area contributed by atoms with Crippen molar-refractivity contribution in [2.45, 2.75) is 54.9 Å². The highest BCUT2D eigenvalue weighted by molar-refractivity contribution is 6.62. The number of carbonyl (C=O) groups excluding carboxylic acids is 6. The van der Waals surface area contributed by atoms with Crippen molar-refractivity contribution in [3.8, 4) is 28.7 Å². The number of hydrogen-bond donors (Lipinski definition) is 4. The Balaban J connectivity index is 0.000000968. The average molecular weight is 1160 g/mol. The van der Waals surface area contributed by atoms with Gasteiger partial charge in [0, 0.05) is 54.3 Å². The van der Waals surface area contributed by atoms with Crippen LogP contribution in [0.25, 0.3) is 32.9 Å². The van der Waals surface area contributed by atoms with E-state index in [1.165, 1.54) is 81.3 Å². The van der Waals surface area contributed by atoms with Crippen LogP contribution in [-0.4, -0.2) is 97.0 Å². The lowest BCUT2D eigenvalue weighted by Gasteiger charge is -2.03. The molecule has 0 fully saturated rings. The van der Waals surface area contributed by atoms with Crippen LogP contribution in [0.5, 0.6) is 28.7 Å². The van der Waals surface area contributed by atoms with E-state index in [1.54, 1.807) is 86.6 Å². The lowest BCUT2D eigenvalue weighted by atomic mass is 10.1. The molecule has 0 radical (unpaired) electrons. The third-order valence-electron chi connectivity index (χ3n) is 9.51. The Labute approximate surface area is 467 Å². The first-order chi connectivity index (χ1) is 37.4. The number of ether oxygens (including phenoxy) is 5. The molecule has 3 heterocycles. The molecule has 24 nitrogen and oxygen atoms in total. The molecular formula is C54H59Cl2N3O21. The predicted molar refractivity (Wildman–Crippen MR) is 297 cm³/mol. The molecule has 0 aliphatic carbocycles. The van der Waals surface area contributed by atoms with Crippen molar-refractivity contribution in [3.63, 3.8) is 0 Å². The molecule has 0 aliphatic rings. The minimum atomic E-state index is -0.617. The van der Waals surface area contributed by atoms with Crippen molar-refractivity contribution in [1.82, 2.24) is 0 Å². The standard InChI is InChI=1S/C14H13NO5.C12H11NO4.C12H10O4.C8H8O3.C6H10O3.C2H3ClO.ClH.H3NO/c1-8(15-20-9(2)16)12-6-10-4-5-11(18-3)7-13(10)19-14(12)17;1-7(13-15)10-5-8-3-4-9(16-2)6-11(8)17-12(10)14;1-7(13)10-5-8-3-4-9(15-2)6-11(8)16-12(10)14;1-11-7-3-2-6(5-9)8(10)4-7;1-3-9-6(8)4-5(2)7;1-2(3)4;;1-2/h4-7H,1-3H3;3-6,15H,1-2H3;3-6H,1-2H3;2-5,10H,1H3;3-4H2,1-2H3;1H3;1H;2H,1H2/b15-8+;13-7+;;;;;;. The summed E-state index contributed by atoms with van der Waals surface area (Å²) in [5.74, 6) is 4.34. The Morgan fingerprint density at radius 1 is 0.600 bits per heavy atom. The number of esters is 1. The fourth-order valence-corrected chi connectivity index (χ4v) is 5.81. The fraction of sp³-hybridized carbons (Fsp3) is 0.241. The second kappa shape index (κ2) is 36.7. The summed E-state index contributed by atoms with van der Waals surface area (Å²) in [5, 5.41) is 32.6. The topological polar surface area (TPSA) is 360 Å². The molecule has 0 unspecified atom stereocenters. The maximum atomic E-state index is 11.9. The van der Waals surface area contributed by atoms with Gasteiger partial charge < -0.3 is 57.3 Å². The van der Waals surface area contributed by atoms with Crippen molar-refractivity contribution >= 4 is 103 Å². The largest absolute Gasteiger partial charge is 0.507 e. The number of methoxy groups -OCH3 is 4. The summed E-state index contributed by atoms with van der Waals surface area (Å²) in [6.45, 7) is 10.3. The van der Waals surface area contributed by atoms with Crippen LogP contribution in [0, 0.1) is 0 Å². The van der Waals surface area contributed by atoms with E-state index in [4.69, 9.17) is 47.7 Å². The molecule has 7 aromatic rings. The highest BCUT2D eigenvalue weighted by Gasteiger charge is 2.13. The third-order valence-corrected chi connectivity index (χ3v) is 9.51. The van der Waals surface area contributed by atoms with Crippen molar-refractivity contribution in [3.05, 3.63) is 145 Å². The van der Waals surface area contributed by atoms with Crippen LogP contribution in [-0.2, 0) is 28.8 Å². The maximum Gasteiger partial charge on any atom is 0.347 e. The van der Waals surface area contributed by atoms with E-state index in [9.17, 15) is 43.2 Å². The number of rotatable bonds is 12.